The molecule has 1 N–H and O–H groups in total. The molecular formula is C15H13BrN2O3. The highest BCUT2D eigenvalue weighted by Crippen LogP contribution is 2.29. The molecule has 0 atom stereocenters. The molecule has 5 nitrogen and oxygen atoms in total. The number of nitrogens with zero attached hydrogens (tertiary/aromatic N) is 1. The summed E-state index contributed by atoms with van der Waals surface area (Å²) in [6.07, 6.45) is 0.784. The van der Waals surface area contributed by atoms with Crippen LogP contribution in [0.25, 0.3) is 0 Å². The Bertz CT molecular complexity index is 701. The van der Waals surface area contributed by atoms with Gasteiger partial charge in [0.05, 0.1) is 10.5 Å². The van der Waals surface area contributed by atoms with Crippen LogP contribution in [0.5, 0.6) is 0 Å². The molecule has 6 heteroatoms. The first-order valence-electron chi connectivity index (χ1n) is 6.36. The fourth-order valence-electron chi connectivity index (χ4n) is 1.98. The fourth-order valence-corrected chi connectivity index (χ4v) is 2.57. The minimum atomic E-state index is -0.527. The average molecular weight is 349 g/mol. The van der Waals surface area contributed by atoms with Crippen LogP contribution in [0, 0.1) is 10.1 Å². The Kier molecular flexibility index (Phi) is 4.70. The Hall–Kier alpha value is -2.21. The van der Waals surface area contributed by atoms with Crippen molar-refractivity contribution < 1.29 is 9.72 Å². The van der Waals surface area contributed by atoms with Crippen molar-refractivity contribution >= 4 is 33.2 Å². The van der Waals surface area contributed by atoms with Crippen molar-refractivity contribution in [3.8, 4) is 0 Å². The molecule has 1 amide bonds. The summed E-state index contributed by atoms with van der Waals surface area (Å²) >= 11 is 3.13. The fraction of sp³-hybridized carbons (Fsp3) is 0.133. The van der Waals surface area contributed by atoms with Crippen molar-refractivity contribution in [1.29, 1.82) is 0 Å². The maximum absolute atomic E-state index is 12.3. The summed E-state index contributed by atoms with van der Waals surface area (Å²) in [5.41, 5.74) is 1.82. The Morgan fingerprint density at radius 3 is 2.62 bits per heavy atom. The minimum absolute atomic E-state index is 0.133. The summed E-state index contributed by atoms with van der Waals surface area (Å²) in [5.74, 6) is -0.383. The number of hydrogen-bond donors (Lipinski definition) is 1. The number of aryl methyl sites for hydroxylation is 1. The van der Waals surface area contributed by atoms with Gasteiger partial charge < -0.3 is 5.32 Å². The van der Waals surface area contributed by atoms with Crippen molar-refractivity contribution in [3.05, 3.63) is 68.2 Å². The van der Waals surface area contributed by atoms with Crippen molar-refractivity contribution in [2.24, 2.45) is 0 Å². The number of amides is 1. The van der Waals surface area contributed by atoms with Gasteiger partial charge in [-0.15, -0.1) is 0 Å². The molecule has 21 heavy (non-hydrogen) atoms. The summed E-state index contributed by atoms with van der Waals surface area (Å²) in [5, 5.41) is 13.7. The molecule has 0 spiro atoms. The number of anilines is 1. The highest BCUT2D eigenvalue weighted by Gasteiger charge is 2.19. The Balaban J connectivity index is 2.33. The average Bonchev–Trinajstić information content (AvgIpc) is 2.47. The second-order valence-electron chi connectivity index (χ2n) is 4.36. The summed E-state index contributed by atoms with van der Waals surface area (Å²) < 4.78 is 0.182. The smallest absolute Gasteiger partial charge is 0.284 e. The van der Waals surface area contributed by atoms with Gasteiger partial charge in [-0.05, 0) is 40.0 Å². The largest absolute Gasteiger partial charge is 0.322 e. The first-order valence-corrected chi connectivity index (χ1v) is 7.16. The van der Waals surface area contributed by atoms with Crippen LogP contribution in [-0.2, 0) is 6.42 Å². The lowest BCUT2D eigenvalue weighted by Gasteiger charge is -2.10. The molecule has 0 unspecified atom stereocenters. The van der Waals surface area contributed by atoms with E-state index in [1.54, 1.807) is 6.07 Å². The quantitative estimate of drug-likeness (QED) is 0.665. The number of nitro benzene ring substituents is 1. The van der Waals surface area contributed by atoms with Crippen molar-refractivity contribution in [3.63, 3.8) is 0 Å². The summed E-state index contributed by atoms with van der Waals surface area (Å²) in [7, 11) is 0. The molecule has 0 heterocycles. The number of carbonyl (C=O) groups is 1. The molecule has 0 aliphatic carbocycles. The van der Waals surface area contributed by atoms with E-state index in [0.717, 1.165) is 12.0 Å². The zero-order valence-corrected chi connectivity index (χ0v) is 12.9. The molecule has 2 rings (SSSR count). The molecule has 108 valence electrons. The predicted octanol–water partition coefficient (Wildman–Crippen LogP) is 4.17. The standard InChI is InChI=1S/C15H13BrN2O3/c1-2-10-6-3-4-8-12(10)17-15(19)11-7-5-9-13(14(11)16)18(20)21/h3-9H,2H2,1H3,(H,17,19). The summed E-state index contributed by atoms with van der Waals surface area (Å²) in [6, 6.07) is 11.8. The van der Waals surface area contributed by atoms with Gasteiger partial charge in [0.25, 0.3) is 11.6 Å². The lowest BCUT2D eigenvalue weighted by atomic mass is 10.1. The van der Waals surface area contributed by atoms with Crippen LogP contribution in [-0.4, -0.2) is 10.8 Å². The highest BCUT2D eigenvalue weighted by atomic mass is 79.9. The zero-order chi connectivity index (χ0) is 15.4. The third-order valence-electron chi connectivity index (χ3n) is 3.07. The van der Waals surface area contributed by atoms with E-state index in [0.29, 0.717) is 5.69 Å². The molecule has 0 aliphatic rings. The van der Waals surface area contributed by atoms with Gasteiger partial charge in [-0.25, -0.2) is 0 Å². The van der Waals surface area contributed by atoms with Crippen molar-refractivity contribution in [1.82, 2.24) is 0 Å². The minimum Gasteiger partial charge on any atom is -0.322 e. The highest BCUT2D eigenvalue weighted by molar-refractivity contribution is 9.10. The first kappa shape index (κ1) is 15.2. The number of hydrogen-bond acceptors (Lipinski definition) is 3. The van der Waals surface area contributed by atoms with Gasteiger partial charge in [-0.3, -0.25) is 14.9 Å². The number of nitro groups is 1. The second-order valence-corrected chi connectivity index (χ2v) is 5.15. The summed E-state index contributed by atoms with van der Waals surface area (Å²) in [6.45, 7) is 1.99. The number of benzene rings is 2. The molecule has 2 aromatic carbocycles. The maximum atomic E-state index is 12.3. The number of carbonyl (C=O) groups excluding carboxylic acids is 1. The maximum Gasteiger partial charge on any atom is 0.284 e. The lowest BCUT2D eigenvalue weighted by Crippen LogP contribution is -2.14. The Labute approximate surface area is 130 Å². The van der Waals surface area contributed by atoms with E-state index in [2.05, 4.69) is 21.2 Å². The lowest BCUT2D eigenvalue weighted by molar-refractivity contribution is -0.385. The third kappa shape index (κ3) is 3.28. The van der Waals surface area contributed by atoms with E-state index >= 15 is 0 Å². The molecule has 0 radical (unpaired) electrons. The number of halogens is 1. The van der Waals surface area contributed by atoms with E-state index in [9.17, 15) is 14.9 Å². The van der Waals surface area contributed by atoms with Gasteiger partial charge in [0, 0.05) is 11.8 Å². The van der Waals surface area contributed by atoms with Gasteiger partial charge in [0.15, 0.2) is 0 Å². The van der Waals surface area contributed by atoms with Gasteiger partial charge >= 0.3 is 0 Å². The van der Waals surface area contributed by atoms with Crippen molar-refractivity contribution in [2.45, 2.75) is 13.3 Å². The summed E-state index contributed by atoms with van der Waals surface area (Å²) in [4.78, 5) is 22.7. The molecule has 0 bridgehead atoms. The molecule has 0 fully saturated rings. The van der Waals surface area contributed by atoms with Crippen LogP contribution in [0.1, 0.15) is 22.8 Å². The second kappa shape index (κ2) is 6.49. The monoisotopic (exact) mass is 348 g/mol. The molecule has 0 aliphatic heterocycles. The van der Waals surface area contributed by atoms with Crippen LogP contribution in [0.2, 0.25) is 0 Å². The SMILES string of the molecule is CCc1ccccc1NC(=O)c1cccc([N+](=O)[O-])c1Br. The predicted molar refractivity (Wildman–Crippen MR) is 84.6 cm³/mol. The van der Waals surface area contributed by atoms with Crippen LogP contribution in [0.4, 0.5) is 11.4 Å². The van der Waals surface area contributed by atoms with E-state index in [1.807, 2.05) is 31.2 Å². The Morgan fingerprint density at radius 2 is 1.95 bits per heavy atom. The first-order chi connectivity index (χ1) is 10.0. The Morgan fingerprint density at radius 1 is 1.24 bits per heavy atom. The molecule has 0 saturated heterocycles. The van der Waals surface area contributed by atoms with E-state index < -0.39 is 4.92 Å². The number of rotatable bonds is 4. The zero-order valence-electron chi connectivity index (χ0n) is 11.3. The van der Waals surface area contributed by atoms with Crippen LogP contribution >= 0.6 is 15.9 Å². The van der Waals surface area contributed by atoms with E-state index in [-0.39, 0.29) is 21.6 Å². The molecule has 0 saturated carbocycles. The van der Waals surface area contributed by atoms with Gasteiger partial charge in [-0.2, -0.15) is 0 Å². The molecule has 0 aromatic heterocycles. The van der Waals surface area contributed by atoms with Gasteiger partial charge in [0.1, 0.15) is 4.47 Å². The molecular weight excluding hydrogens is 336 g/mol. The van der Waals surface area contributed by atoms with Gasteiger partial charge in [0.2, 0.25) is 0 Å². The number of nitrogens with one attached hydrogen (secondary N) is 1. The van der Waals surface area contributed by atoms with Crippen LogP contribution in [0.3, 0.4) is 0 Å². The molecule has 2 aromatic rings. The van der Waals surface area contributed by atoms with Crippen LogP contribution < -0.4 is 5.32 Å². The van der Waals surface area contributed by atoms with Crippen molar-refractivity contribution in [2.75, 3.05) is 5.32 Å². The van der Waals surface area contributed by atoms with Crippen LogP contribution in [0.15, 0.2) is 46.9 Å². The normalized spacial score (nSPS) is 10.2. The number of para-hydroxylation sites is 1. The third-order valence-corrected chi connectivity index (χ3v) is 3.90. The van der Waals surface area contributed by atoms with E-state index in [4.69, 9.17) is 0 Å². The topological polar surface area (TPSA) is 72.2 Å². The van der Waals surface area contributed by atoms with Gasteiger partial charge in [-0.1, -0.05) is 31.2 Å². The van der Waals surface area contributed by atoms with E-state index in [1.165, 1.54) is 12.1 Å².